The van der Waals surface area contributed by atoms with Gasteiger partial charge in [-0.2, -0.15) is 5.10 Å². The van der Waals surface area contributed by atoms with Crippen LogP contribution in [0.4, 0.5) is 0 Å². The molecular formula is C7H5Cl2N2O2. The highest BCUT2D eigenvalue weighted by Crippen LogP contribution is 2.21. The summed E-state index contributed by atoms with van der Waals surface area (Å²) in [6.07, 6.45) is 2.72. The van der Waals surface area contributed by atoms with Crippen molar-refractivity contribution in [2.75, 3.05) is 0 Å². The number of carbonyl (C=O) groups excluding carboxylic acids is 1. The second-order valence-corrected chi connectivity index (χ2v) is 3.88. The van der Waals surface area contributed by atoms with Gasteiger partial charge in [0.1, 0.15) is 0 Å². The van der Waals surface area contributed by atoms with Crippen LogP contribution in [0.2, 0.25) is 0 Å². The van der Waals surface area contributed by atoms with Gasteiger partial charge in [0.2, 0.25) is 6.29 Å². The maximum atomic E-state index is 11.0. The zero-order chi connectivity index (χ0) is 9.90. The topological polar surface area (TPSA) is 62.8 Å². The zero-order valence-electron chi connectivity index (χ0n) is 6.38. The smallest absolute Gasteiger partial charge is 0.267 e. The predicted molar refractivity (Wildman–Crippen MR) is 48.7 cm³/mol. The highest BCUT2D eigenvalue weighted by molar-refractivity contribution is 6.55. The Morgan fingerprint density at radius 1 is 1.62 bits per heavy atom. The Bertz CT molecular complexity index is 362. The Morgan fingerprint density at radius 3 is 2.85 bits per heavy atom. The van der Waals surface area contributed by atoms with Gasteiger partial charge in [-0.05, 0) is 6.07 Å². The standard InChI is InChI=1S/C7H5Cl2N2O2/c8-7(9,4-12)3-5-1-2-10-11-6(5)13/h1-2H,3H2,(H,11,13). The van der Waals surface area contributed by atoms with Crippen LogP contribution in [0.25, 0.3) is 0 Å². The predicted octanol–water partition coefficient (Wildman–Crippen LogP) is 0.596. The molecule has 1 N–H and O–H groups in total. The number of hydrogen-bond donors (Lipinski definition) is 1. The average Bonchev–Trinajstić information content (AvgIpc) is 2.09. The molecule has 0 atom stereocenters. The number of nitrogens with zero attached hydrogens (tertiary/aromatic N) is 1. The lowest BCUT2D eigenvalue weighted by molar-refractivity contribution is 0.547. The Morgan fingerprint density at radius 2 is 2.31 bits per heavy atom. The molecule has 0 saturated heterocycles. The molecule has 1 heterocycles. The molecule has 69 valence electrons. The van der Waals surface area contributed by atoms with E-state index >= 15 is 0 Å². The van der Waals surface area contributed by atoms with Crippen molar-refractivity contribution < 1.29 is 4.79 Å². The normalized spacial score (nSPS) is 11.2. The van der Waals surface area contributed by atoms with Crippen molar-refractivity contribution in [1.82, 2.24) is 10.2 Å². The van der Waals surface area contributed by atoms with Crippen molar-refractivity contribution in [2.45, 2.75) is 10.8 Å². The van der Waals surface area contributed by atoms with Gasteiger partial charge in [0, 0.05) is 18.2 Å². The van der Waals surface area contributed by atoms with Gasteiger partial charge in [-0.1, -0.05) is 23.2 Å². The van der Waals surface area contributed by atoms with E-state index in [1.807, 2.05) is 0 Å². The lowest BCUT2D eigenvalue weighted by Crippen LogP contribution is -2.24. The molecule has 1 radical (unpaired) electrons. The van der Waals surface area contributed by atoms with Crippen LogP contribution in [0.1, 0.15) is 5.56 Å². The fourth-order valence-corrected chi connectivity index (χ4v) is 1.07. The molecule has 4 nitrogen and oxygen atoms in total. The first kappa shape index (κ1) is 10.2. The molecular weight excluding hydrogens is 215 g/mol. The molecule has 0 spiro atoms. The molecule has 0 fully saturated rings. The van der Waals surface area contributed by atoms with Crippen molar-refractivity contribution in [1.29, 1.82) is 0 Å². The quantitative estimate of drug-likeness (QED) is 0.758. The second-order valence-electron chi connectivity index (χ2n) is 2.39. The van der Waals surface area contributed by atoms with Crippen molar-refractivity contribution in [2.24, 2.45) is 0 Å². The van der Waals surface area contributed by atoms with Gasteiger partial charge in [0.05, 0.1) is 0 Å². The molecule has 0 aliphatic rings. The van der Waals surface area contributed by atoms with Crippen LogP contribution in [0.3, 0.4) is 0 Å². The summed E-state index contributed by atoms with van der Waals surface area (Å²) in [5.74, 6) is 0. The number of aromatic nitrogens is 2. The Balaban J connectivity index is 2.93. The SMILES string of the molecule is O=[C]C(Cl)(Cl)Cc1ccn[nH]c1=O. The van der Waals surface area contributed by atoms with Crippen molar-refractivity contribution in [3.05, 3.63) is 28.2 Å². The molecule has 0 aliphatic heterocycles. The maximum Gasteiger partial charge on any atom is 0.267 e. The maximum absolute atomic E-state index is 11.0. The molecule has 0 bridgehead atoms. The molecule has 0 saturated carbocycles. The van der Waals surface area contributed by atoms with Gasteiger partial charge >= 0.3 is 0 Å². The summed E-state index contributed by atoms with van der Waals surface area (Å²) in [5.41, 5.74) is -0.119. The molecule has 1 aromatic heterocycles. The highest BCUT2D eigenvalue weighted by Gasteiger charge is 2.25. The Kier molecular flexibility index (Phi) is 3.06. The third-order valence-electron chi connectivity index (χ3n) is 1.37. The van der Waals surface area contributed by atoms with Gasteiger partial charge in [-0.25, -0.2) is 5.10 Å². The fraction of sp³-hybridized carbons (Fsp3) is 0.286. The zero-order valence-corrected chi connectivity index (χ0v) is 7.89. The Labute approximate surface area is 83.9 Å². The summed E-state index contributed by atoms with van der Waals surface area (Å²) in [4.78, 5) is 21.3. The third kappa shape index (κ3) is 2.82. The molecule has 1 rings (SSSR count). The van der Waals surface area contributed by atoms with E-state index in [-0.39, 0.29) is 6.42 Å². The van der Waals surface area contributed by atoms with Gasteiger partial charge < -0.3 is 0 Å². The van der Waals surface area contributed by atoms with Gasteiger partial charge in [-0.15, -0.1) is 0 Å². The summed E-state index contributed by atoms with van der Waals surface area (Å²) in [7, 11) is 0. The van der Waals surface area contributed by atoms with Crippen LogP contribution in [0.15, 0.2) is 17.1 Å². The van der Waals surface area contributed by atoms with E-state index in [1.54, 1.807) is 0 Å². The van der Waals surface area contributed by atoms with Crippen LogP contribution in [0, 0.1) is 0 Å². The molecule has 0 amide bonds. The van der Waals surface area contributed by atoms with Crippen molar-refractivity contribution in [3.8, 4) is 0 Å². The van der Waals surface area contributed by atoms with E-state index in [0.29, 0.717) is 5.56 Å². The average molecular weight is 220 g/mol. The van der Waals surface area contributed by atoms with Gasteiger partial charge in [0.15, 0.2) is 4.33 Å². The van der Waals surface area contributed by atoms with Gasteiger partial charge in [-0.3, -0.25) is 9.59 Å². The molecule has 6 heteroatoms. The van der Waals surface area contributed by atoms with Crippen LogP contribution in [-0.2, 0) is 11.2 Å². The van der Waals surface area contributed by atoms with E-state index in [4.69, 9.17) is 23.2 Å². The summed E-state index contributed by atoms with van der Waals surface area (Å²) in [5, 5.41) is 5.67. The van der Waals surface area contributed by atoms with E-state index in [0.717, 1.165) is 0 Å². The molecule has 1 aromatic rings. The van der Waals surface area contributed by atoms with E-state index in [9.17, 15) is 9.59 Å². The number of hydrogen-bond acceptors (Lipinski definition) is 3. The minimum Gasteiger partial charge on any atom is -0.287 e. The minimum absolute atomic E-state index is 0.0858. The minimum atomic E-state index is -1.67. The van der Waals surface area contributed by atoms with Crippen molar-refractivity contribution >= 4 is 29.5 Å². The third-order valence-corrected chi connectivity index (χ3v) is 1.79. The lowest BCUT2D eigenvalue weighted by Gasteiger charge is -2.08. The molecule has 13 heavy (non-hydrogen) atoms. The van der Waals surface area contributed by atoms with Crippen LogP contribution < -0.4 is 5.56 Å². The number of aromatic amines is 1. The van der Waals surface area contributed by atoms with E-state index in [2.05, 4.69) is 10.2 Å². The number of rotatable bonds is 3. The largest absolute Gasteiger partial charge is 0.287 e. The Hall–Kier alpha value is -0.870. The first-order valence-corrected chi connectivity index (χ1v) is 4.10. The fourth-order valence-electron chi connectivity index (χ4n) is 0.785. The van der Waals surface area contributed by atoms with Crippen LogP contribution in [0.5, 0.6) is 0 Å². The first-order valence-electron chi connectivity index (χ1n) is 3.35. The van der Waals surface area contributed by atoms with Gasteiger partial charge in [0.25, 0.3) is 5.56 Å². The van der Waals surface area contributed by atoms with Crippen LogP contribution in [-0.4, -0.2) is 20.8 Å². The van der Waals surface area contributed by atoms with Crippen molar-refractivity contribution in [3.63, 3.8) is 0 Å². The lowest BCUT2D eigenvalue weighted by atomic mass is 10.2. The summed E-state index contributed by atoms with van der Waals surface area (Å²) in [6, 6.07) is 1.44. The summed E-state index contributed by atoms with van der Waals surface area (Å²) < 4.78 is -1.67. The number of halogens is 2. The number of H-pyrrole nitrogens is 1. The highest BCUT2D eigenvalue weighted by atomic mass is 35.5. The number of nitrogens with one attached hydrogen (secondary N) is 1. The monoisotopic (exact) mass is 219 g/mol. The summed E-state index contributed by atoms with van der Waals surface area (Å²) >= 11 is 11.0. The van der Waals surface area contributed by atoms with Crippen LogP contribution >= 0.6 is 23.2 Å². The van der Waals surface area contributed by atoms with E-state index in [1.165, 1.54) is 18.5 Å². The first-order chi connectivity index (χ1) is 6.05. The van der Waals surface area contributed by atoms with E-state index < -0.39 is 9.89 Å². The number of alkyl halides is 2. The molecule has 0 aromatic carbocycles. The summed E-state index contributed by atoms with van der Waals surface area (Å²) in [6.45, 7) is 0. The second kappa shape index (κ2) is 3.89. The molecule has 0 aliphatic carbocycles. The molecule has 0 unspecified atom stereocenters.